The highest BCUT2D eigenvalue weighted by molar-refractivity contribution is 6.07. The van der Waals surface area contributed by atoms with Crippen LogP contribution >= 0.6 is 0 Å². The third-order valence-corrected chi connectivity index (χ3v) is 5.42. The van der Waals surface area contributed by atoms with E-state index in [2.05, 4.69) is 0 Å². The third kappa shape index (κ3) is 3.56. The van der Waals surface area contributed by atoms with Crippen molar-refractivity contribution >= 4 is 28.3 Å². The topological polar surface area (TPSA) is 103 Å². The van der Waals surface area contributed by atoms with Crippen LogP contribution in [0.3, 0.4) is 0 Å². The van der Waals surface area contributed by atoms with Crippen LogP contribution in [-0.2, 0) is 0 Å². The van der Waals surface area contributed by atoms with Gasteiger partial charge in [-0.25, -0.2) is 4.58 Å². The first-order chi connectivity index (χ1) is 15.2. The molecule has 2 aromatic rings. The van der Waals surface area contributed by atoms with Crippen molar-refractivity contribution in [1.29, 1.82) is 0 Å². The van der Waals surface area contributed by atoms with E-state index in [9.17, 15) is 20.0 Å². The molecule has 0 N–H and O–H groups in total. The van der Waals surface area contributed by atoms with Crippen LogP contribution in [0.2, 0.25) is 0 Å². The maximum Gasteiger partial charge on any atom is 0.270 e. The van der Waals surface area contributed by atoms with Crippen molar-refractivity contribution in [3.05, 3.63) is 75.6 Å². The van der Waals surface area contributed by atoms with Crippen molar-refractivity contribution in [2.24, 2.45) is 0 Å². The number of nitro groups is 1. The van der Waals surface area contributed by atoms with E-state index in [0.717, 1.165) is 17.1 Å². The molecule has 0 radical (unpaired) electrons. The van der Waals surface area contributed by atoms with Crippen molar-refractivity contribution in [2.45, 2.75) is 0 Å². The Morgan fingerprint density at radius 3 is 2.31 bits per heavy atom. The summed E-state index contributed by atoms with van der Waals surface area (Å²) in [5.41, 5.74) is 2.56. The fraction of sp³-hybridized carbons (Fsp3) is 0.167. The van der Waals surface area contributed by atoms with Crippen LogP contribution in [0.25, 0.3) is 33.4 Å². The van der Waals surface area contributed by atoms with Gasteiger partial charge < -0.3 is 19.2 Å². The summed E-state index contributed by atoms with van der Waals surface area (Å²) >= 11 is 0. The molecule has 0 aromatic heterocycles. The van der Waals surface area contributed by atoms with Crippen LogP contribution in [0.5, 0.6) is 0 Å². The second-order valence-corrected chi connectivity index (χ2v) is 7.90. The number of anilines is 1. The van der Waals surface area contributed by atoms with Crippen LogP contribution in [-0.4, -0.2) is 39.1 Å². The number of carbonyl (C=O) groups is 1. The lowest BCUT2D eigenvalue weighted by Crippen LogP contribution is -2.23. The van der Waals surface area contributed by atoms with Crippen LogP contribution < -0.4 is 19.9 Å². The fourth-order valence-corrected chi connectivity index (χ4v) is 3.75. The molecule has 0 fully saturated rings. The molecule has 0 saturated carbocycles. The Labute approximate surface area is 183 Å². The zero-order valence-corrected chi connectivity index (χ0v) is 18.1. The van der Waals surface area contributed by atoms with E-state index in [1.165, 1.54) is 12.1 Å². The second-order valence-electron chi connectivity index (χ2n) is 7.90. The van der Waals surface area contributed by atoms with Crippen molar-refractivity contribution < 1.29 is 19.2 Å². The molecule has 0 unspecified atom stereocenters. The summed E-state index contributed by atoms with van der Waals surface area (Å²) < 4.78 is 8.17. The molecule has 1 aliphatic heterocycles. The Bertz CT molecular complexity index is 1430. The molecule has 8 nitrogen and oxygen atoms in total. The van der Waals surface area contributed by atoms with E-state index in [0.29, 0.717) is 33.4 Å². The van der Waals surface area contributed by atoms with Gasteiger partial charge in [0.2, 0.25) is 5.36 Å². The van der Waals surface area contributed by atoms with Gasteiger partial charge in [-0.1, -0.05) is 0 Å². The van der Waals surface area contributed by atoms with E-state index in [4.69, 9.17) is 4.42 Å². The quantitative estimate of drug-likeness (QED) is 0.213. The Balaban J connectivity index is 2.17. The monoisotopic (exact) mass is 431 g/mol. The number of carboxylic acids is 1. The van der Waals surface area contributed by atoms with Gasteiger partial charge in [0.25, 0.3) is 5.69 Å². The maximum absolute atomic E-state index is 12.0. The fourth-order valence-electron chi connectivity index (χ4n) is 3.75. The lowest BCUT2D eigenvalue weighted by molar-refractivity contribution is -0.385. The molecule has 162 valence electrons. The average molecular weight is 431 g/mol. The van der Waals surface area contributed by atoms with Crippen molar-refractivity contribution in [2.75, 3.05) is 33.1 Å². The van der Waals surface area contributed by atoms with Crippen LogP contribution in [0.1, 0.15) is 10.4 Å². The Morgan fingerprint density at radius 1 is 0.969 bits per heavy atom. The second kappa shape index (κ2) is 7.81. The number of fused-ring (bicyclic) bond motifs is 2. The molecule has 32 heavy (non-hydrogen) atoms. The number of rotatable bonds is 4. The highest BCUT2D eigenvalue weighted by Crippen LogP contribution is 2.42. The highest BCUT2D eigenvalue weighted by atomic mass is 16.6. The van der Waals surface area contributed by atoms with Gasteiger partial charge in [0.1, 0.15) is 25.4 Å². The minimum absolute atomic E-state index is 0.249. The number of hydrogen-bond acceptors (Lipinski definition) is 6. The molecular formula is C24H21N3O5. The summed E-state index contributed by atoms with van der Waals surface area (Å²) in [5.74, 6) is -0.919. The molecule has 0 saturated heterocycles. The van der Waals surface area contributed by atoms with Gasteiger partial charge in [0.15, 0.2) is 0 Å². The van der Waals surface area contributed by atoms with E-state index >= 15 is 0 Å². The molecule has 1 heterocycles. The van der Waals surface area contributed by atoms with Crippen molar-refractivity contribution in [1.82, 2.24) is 4.58 Å². The highest BCUT2D eigenvalue weighted by Gasteiger charge is 2.22. The predicted molar refractivity (Wildman–Crippen MR) is 121 cm³/mol. The van der Waals surface area contributed by atoms with E-state index in [1.54, 1.807) is 0 Å². The molecule has 0 bridgehead atoms. The first-order valence-electron chi connectivity index (χ1n) is 9.86. The summed E-state index contributed by atoms with van der Waals surface area (Å²) in [7, 11) is 7.66. The number of aromatic carboxylic acids is 1. The molecule has 0 atom stereocenters. The zero-order chi connectivity index (χ0) is 23.2. The number of non-ortho nitro benzene ring substituents is 1. The Kier molecular flexibility index (Phi) is 5.14. The molecule has 4 rings (SSSR count). The third-order valence-electron chi connectivity index (χ3n) is 5.42. The van der Waals surface area contributed by atoms with E-state index in [1.807, 2.05) is 74.1 Å². The van der Waals surface area contributed by atoms with Gasteiger partial charge in [-0.2, -0.15) is 0 Å². The zero-order valence-electron chi connectivity index (χ0n) is 18.1. The smallest absolute Gasteiger partial charge is 0.270 e. The minimum Gasteiger partial charge on any atom is -0.545 e. The summed E-state index contributed by atoms with van der Waals surface area (Å²) in [4.78, 5) is 24.5. The first kappa shape index (κ1) is 21.0. The van der Waals surface area contributed by atoms with Gasteiger partial charge in [-0.3, -0.25) is 10.1 Å². The summed E-state index contributed by atoms with van der Waals surface area (Å²) in [6.45, 7) is 0. The summed E-state index contributed by atoms with van der Waals surface area (Å²) in [6.07, 6.45) is 0. The molecule has 0 spiro atoms. The molecule has 2 aliphatic rings. The van der Waals surface area contributed by atoms with E-state index < -0.39 is 10.9 Å². The molecule has 0 amide bonds. The van der Waals surface area contributed by atoms with Gasteiger partial charge in [0, 0.05) is 66.1 Å². The molecule has 1 aliphatic carbocycles. The first-order valence-corrected chi connectivity index (χ1v) is 9.86. The van der Waals surface area contributed by atoms with Gasteiger partial charge in [-0.05, 0) is 29.8 Å². The number of carboxylic acid groups (broad SMARTS) is 1. The van der Waals surface area contributed by atoms with Gasteiger partial charge in [-0.15, -0.1) is 0 Å². The van der Waals surface area contributed by atoms with E-state index in [-0.39, 0.29) is 11.3 Å². The van der Waals surface area contributed by atoms with Gasteiger partial charge >= 0.3 is 0 Å². The normalized spacial score (nSPS) is 11.0. The number of nitrogens with zero attached hydrogens (tertiary/aromatic N) is 3. The Morgan fingerprint density at radius 2 is 1.69 bits per heavy atom. The standard InChI is InChI=1S/C24H21N3O5/c1-25(2)14-5-9-18-21(12-14)32-22-13-15(26(3)4)6-10-19(22)23(18)17-8-7-16(27(30)31)11-20(17)24(28)29/h5-13H,1-4H3. The maximum atomic E-state index is 12.0. The Hall–Kier alpha value is -4.20. The largest absolute Gasteiger partial charge is 0.545 e. The minimum atomic E-state index is -1.49. The molecule has 8 heteroatoms. The van der Waals surface area contributed by atoms with Crippen LogP contribution in [0, 0.1) is 10.1 Å². The lowest BCUT2D eigenvalue weighted by Gasteiger charge is -2.19. The number of hydrogen-bond donors (Lipinski definition) is 0. The summed E-state index contributed by atoms with van der Waals surface area (Å²) in [5, 5.41) is 24.8. The number of nitro benzene ring substituents is 1. The van der Waals surface area contributed by atoms with Crippen LogP contribution in [0.15, 0.2) is 59.0 Å². The van der Waals surface area contributed by atoms with Crippen LogP contribution in [0.4, 0.5) is 11.4 Å². The molecular weight excluding hydrogens is 410 g/mol. The summed E-state index contributed by atoms with van der Waals surface area (Å²) in [6, 6.07) is 15.1. The average Bonchev–Trinajstić information content (AvgIpc) is 2.75. The van der Waals surface area contributed by atoms with Crippen molar-refractivity contribution in [3.63, 3.8) is 0 Å². The lowest BCUT2D eigenvalue weighted by atomic mass is 9.90. The number of carbonyl (C=O) groups excluding carboxylic acids is 1. The van der Waals surface area contributed by atoms with Crippen molar-refractivity contribution in [3.8, 4) is 22.5 Å². The number of benzene rings is 3. The van der Waals surface area contributed by atoms with Gasteiger partial charge in [0.05, 0.1) is 17.0 Å². The predicted octanol–water partition coefficient (Wildman–Crippen LogP) is 2.57. The SMILES string of the molecule is CN(C)c1ccc2c(-c3ccc([N+](=O)[O-])cc3C(=O)[O-])c3ccc(=[N+](C)C)cc-3oc2c1. The molecule has 2 aromatic carbocycles.